The number of halogens is 2. The number of aromatic nitrogens is 7. The first-order valence-electron chi connectivity index (χ1n) is 23.2. The van der Waals surface area contributed by atoms with Gasteiger partial charge in [0, 0.05) is 71.2 Å². The number of piperidine rings is 3. The summed E-state index contributed by atoms with van der Waals surface area (Å²) in [6.07, 6.45) is 11.6. The molecule has 4 aromatic heterocycles. The number of benzene rings is 1. The zero-order valence-corrected chi connectivity index (χ0v) is 37.5. The Morgan fingerprint density at radius 1 is 0.985 bits per heavy atom. The van der Waals surface area contributed by atoms with Crippen LogP contribution in [0.15, 0.2) is 47.7 Å². The van der Waals surface area contributed by atoms with Crippen molar-refractivity contribution in [3.63, 3.8) is 0 Å². The lowest BCUT2D eigenvalue weighted by molar-refractivity contribution is -0.135. The SMILES string of the molecule is CN(C)C1CCN(c2ccn3ncc(C(=O)Nc4cn([C@H]5CC[C@H](CN6CCC(OCCCc7cccc8c7n(C)c(=O)n8C7CCC(=O)NC7=O)CC6)CC5)nc4C(F)F)c3n2)CC1. The highest BCUT2D eigenvalue weighted by atomic mass is 19.3. The fourth-order valence-corrected chi connectivity index (χ4v) is 10.5. The molecule has 2 N–H and O–H groups in total. The molecule has 1 atom stereocenters. The fraction of sp³-hybridized carbons (Fsp3) is 0.587. The number of nitrogens with one attached hydrogen (secondary N) is 2. The minimum Gasteiger partial charge on any atom is -0.378 e. The van der Waals surface area contributed by atoms with Crippen LogP contribution >= 0.6 is 0 Å². The number of alkyl halides is 2. The van der Waals surface area contributed by atoms with E-state index in [1.165, 1.54) is 15.3 Å². The maximum Gasteiger partial charge on any atom is 0.329 e. The third-order valence-corrected chi connectivity index (χ3v) is 14.2. The van der Waals surface area contributed by atoms with Crippen molar-refractivity contribution in [2.45, 2.75) is 108 Å². The topological polar surface area (TPSA) is 169 Å². The predicted molar refractivity (Wildman–Crippen MR) is 240 cm³/mol. The van der Waals surface area contributed by atoms with Gasteiger partial charge in [-0.15, -0.1) is 0 Å². The number of imide groups is 1. The zero-order chi connectivity index (χ0) is 45.4. The Hall–Kier alpha value is -5.53. The van der Waals surface area contributed by atoms with Gasteiger partial charge in [-0.05, 0) is 108 Å². The first-order chi connectivity index (χ1) is 31.4. The van der Waals surface area contributed by atoms with E-state index in [9.17, 15) is 28.0 Å². The summed E-state index contributed by atoms with van der Waals surface area (Å²) in [5, 5.41) is 13.7. The summed E-state index contributed by atoms with van der Waals surface area (Å²) >= 11 is 0. The number of hydrogen-bond donors (Lipinski definition) is 2. The molecule has 7 heterocycles. The minimum atomic E-state index is -2.85. The van der Waals surface area contributed by atoms with E-state index >= 15 is 0 Å². The molecule has 4 fully saturated rings. The second kappa shape index (κ2) is 19.1. The van der Waals surface area contributed by atoms with E-state index in [1.807, 2.05) is 24.3 Å². The average Bonchev–Trinajstić information content (AvgIpc) is 4.00. The van der Waals surface area contributed by atoms with E-state index in [2.05, 4.69) is 49.6 Å². The first kappa shape index (κ1) is 44.7. The van der Waals surface area contributed by atoms with E-state index < -0.39 is 30.0 Å². The molecule has 3 amide bonds. The number of carbonyl (C=O) groups is 3. The van der Waals surface area contributed by atoms with E-state index in [0.29, 0.717) is 36.2 Å². The molecule has 348 valence electrons. The Morgan fingerprint density at radius 2 is 1.75 bits per heavy atom. The van der Waals surface area contributed by atoms with Gasteiger partial charge in [0.05, 0.1) is 35.1 Å². The van der Waals surface area contributed by atoms with Gasteiger partial charge in [-0.3, -0.25) is 33.5 Å². The molecule has 1 saturated carbocycles. The molecule has 1 aromatic carbocycles. The number of likely N-dealkylation sites (tertiary alicyclic amines) is 1. The molecule has 17 nitrogen and oxygen atoms in total. The number of fused-ring (bicyclic) bond motifs is 2. The van der Waals surface area contributed by atoms with E-state index in [-0.39, 0.29) is 41.4 Å². The summed E-state index contributed by atoms with van der Waals surface area (Å²) in [4.78, 5) is 63.0. The Morgan fingerprint density at radius 3 is 2.48 bits per heavy atom. The first-order valence-corrected chi connectivity index (χ1v) is 23.2. The van der Waals surface area contributed by atoms with Crippen molar-refractivity contribution in [2.75, 3.05) is 63.6 Å². The van der Waals surface area contributed by atoms with Crippen LogP contribution in [0.5, 0.6) is 0 Å². The van der Waals surface area contributed by atoms with Crippen LogP contribution in [0.2, 0.25) is 0 Å². The van der Waals surface area contributed by atoms with Gasteiger partial charge in [0.15, 0.2) is 11.3 Å². The highest BCUT2D eigenvalue weighted by Crippen LogP contribution is 2.36. The summed E-state index contributed by atoms with van der Waals surface area (Å²) in [6, 6.07) is 7.44. The molecule has 1 unspecified atom stereocenters. The number of ether oxygens (including phenoxy) is 1. The van der Waals surface area contributed by atoms with Gasteiger partial charge in [0.25, 0.3) is 12.3 Å². The van der Waals surface area contributed by atoms with E-state index in [0.717, 1.165) is 114 Å². The summed E-state index contributed by atoms with van der Waals surface area (Å²) in [7, 11) is 5.92. The monoisotopic (exact) mass is 898 g/mol. The number of carbonyl (C=O) groups excluding carboxylic acids is 3. The second-order valence-electron chi connectivity index (χ2n) is 18.6. The Labute approximate surface area is 376 Å². The third-order valence-electron chi connectivity index (χ3n) is 14.2. The van der Waals surface area contributed by atoms with Gasteiger partial charge in [0.2, 0.25) is 11.8 Å². The van der Waals surface area contributed by atoms with Gasteiger partial charge in [-0.1, -0.05) is 12.1 Å². The van der Waals surface area contributed by atoms with Crippen molar-refractivity contribution < 1.29 is 27.9 Å². The summed E-state index contributed by atoms with van der Waals surface area (Å²) < 4.78 is 41.3. The molecule has 9 rings (SSSR count). The van der Waals surface area contributed by atoms with E-state index in [4.69, 9.17) is 9.72 Å². The molecule has 0 spiro atoms. The standard InChI is InChI=1S/C46H60F2N12O5/c1-54(2)31-15-22-57(23-16-31)38-19-24-58-43(51-38)34(26-49-58)44(62)50-35-28-59(53-40(35)42(47)48)32-11-9-29(10-12-32)27-56-20-17-33(18-21-56)65-25-5-7-30-6-4-8-36-41(30)55(3)46(64)60(36)37-13-14-39(61)52-45(37)63/h4,6,8,19,24,26,28-29,31-33,37,42H,5,7,9-18,20-23,25,27H2,1-3H3,(H,50,62)(H,52,61,63)/t29-,32-,37?. The van der Waals surface area contributed by atoms with Crippen molar-refractivity contribution in [3.05, 3.63) is 70.2 Å². The van der Waals surface area contributed by atoms with Gasteiger partial charge in [-0.25, -0.2) is 23.1 Å². The van der Waals surface area contributed by atoms with Gasteiger partial charge >= 0.3 is 5.69 Å². The molecule has 4 aliphatic rings. The van der Waals surface area contributed by atoms with Gasteiger partial charge in [0.1, 0.15) is 17.4 Å². The Kier molecular flexibility index (Phi) is 13.1. The van der Waals surface area contributed by atoms with Gasteiger partial charge in [-0.2, -0.15) is 10.2 Å². The lowest BCUT2D eigenvalue weighted by atomic mass is 9.85. The zero-order valence-electron chi connectivity index (χ0n) is 37.5. The molecular formula is C46H60F2N12O5. The highest BCUT2D eigenvalue weighted by molar-refractivity contribution is 6.08. The van der Waals surface area contributed by atoms with Crippen molar-refractivity contribution in [1.29, 1.82) is 0 Å². The van der Waals surface area contributed by atoms with Crippen molar-refractivity contribution >= 4 is 45.9 Å². The third kappa shape index (κ3) is 9.45. The second-order valence-corrected chi connectivity index (χ2v) is 18.6. The van der Waals surface area contributed by atoms with Gasteiger partial charge < -0.3 is 24.8 Å². The quantitative estimate of drug-likeness (QED) is 0.112. The Balaban J connectivity index is 0.728. The maximum atomic E-state index is 14.3. The van der Waals surface area contributed by atoms with Crippen LogP contribution in [0.1, 0.15) is 111 Å². The normalized spacial score (nSPS) is 21.9. The van der Waals surface area contributed by atoms with Crippen molar-refractivity contribution in [1.82, 2.24) is 48.6 Å². The number of hydrogen-bond acceptors (Lipinski definition) is 11. The van der Waals surface area contributed by atoms with Crippen molar-refractivity contribution in [3.8, 4) is 0 Å². The number of aryl methyl sites for hydroxylation is 2. The summed E-state index contributed by atoms with van der Waals surface area (Å²) in [5.41, 5.74) is 2.40. The molecular weight excluding hydrogens is 839 g/mol. The molecule has 3 saturated heterocycles. The van der Waals surface area contributed by atoms with Crippen LogP contribution in [0.4, 0.5) is 20.3 Å². The number of rotatable bonds is 14. The summed E-state index contributed by atoms with van der Waals surface area (Å²) in [6.45, 7) is 5.21. The number of nitrogens with zero attached hydrogens (tertiary/aromatic N) is 10. The average molecular weight is 899 g/mol. The van der Waals surface area contributed by atoms with Crippen LogP contribution in [-0.2, 0) is 27.8 Å². The summed E-state index contributed by atoms with van der Waals surface area (Å²) in [5.74, 6) is -0.0483. The van der Waals surface area contributed by atoms with E-state index in [1.54, 1.807) is 28.7 Å². The van der Waals surface area contributed by atoms with Crippen LogP contribution in [0, 0.1) is 5.92 Å². The Bertz CT molecular complexity index is 2580. The highest BCUT2D eigenvalue weighted by Gasteiger charge is 2.33. The van der Waals surface area contributed by atoms with Crippen LogP contribution in [0.25, 0.3) is 16.7 Å². The van der Waals surface area contributed by atoms with Crippen LogP contribution in [0.3, 0.4) is 0 Å². The smallest absolute Gasteiger partial charge is 0.329 e. The number of para-hydroxylation sites is 1. The predicted octanol–water partition coefficient (Wildman–Crippen LogP) is 5.12. The molecule has 5 aromatic rings. The van der Waals surface area contributed by atoms with Crippen molar-refractivity contribution in [2.24, 2.45) is 13.0 Å². The largest absolute Gasteiger partial charge is 0.378 e. The lowest BCUT2D eigenvalue weighted by Gasteiger charge is -2.36. The maximum absolute atomic E-state index is 14.3. The molecule has 3 aliphatic heterocycles. The minimum absolute atomic E-state index is 0.00418. The lowest BCUT2D eigenvalue weighted by Crippen LogP contribution is -2.44. The molecule has 19 heteroatoms. The molecule has 0 radical (unpaired) electrons. The van der Waals surface area contributed by atoms with Crippen LogP contribution in [-0.4, -0.2) is 127 Å². The molecule has 1 aliphatic carbocycles. The number of imidazole rings is 1. The number of anilines is 2. The number of amides is 3. The van der Waals surface area contributed by atoms with Crippen LogP contribution < -0.4 is 21.2 Å². The fourth-order valence-electron chi connectivity index (χ4n) is 10.5. The molecule has 65 heavy (non-hydrogen) atoms. The molecule has 0 bridgehead atoms.